The molecule has 0 radical (unpaired) electrons. The van der Waals surface area contributed by atoms with Crippen molar-refractivity contribution in [1.82, 2.24) is 0 Å². The van der Waals surface area contributed by atoms with E-state index < -0.39 is 0 Å². The summed E-state index contributed by atoms with van der Waals surface area (Å²) in [7, 11) is 0. The number of hydrogen-bond donors (Lipinski definition) is 0. The van der Waals surface area contributed by atoms with Crippen LogP contribution in [0.3, 0.4) is 0 Å². The highest BCUT2D eigenvalue weighted by Gasteiger charge is 1.87. The van der Waals surface area contributed by atoms with Gasteiger partial charge in [0.1, 0.15) is 6.79 Å². The van der Waals surface area contributed by atoms with Gasteiger partial charge < -0.3 is 4.79 Å². The zero-order valence-electron chi connectivity index (χ0n) is 5.89. The van der Waals surface area contributed by atoms with Gasteiger partial charge in [-0.15, -0.1) is 11.6 Å². The summed E-state index contributed by atoms with van der Waals surface area (Å²) in [4.78, 5) is 8.00. The van der Waals surface area contributed by atoms with Crippen molar-refractivity contribution < 1.29 is 4.79 Å². The number of carbonyl (C=O) groups is 1. The van der Waals surface area contributed by atoms with Gasteiger partial charge in [-0.3, -0.25) is 0 Å². The molecule has 0 bridgehead atoms. The van der Waals surface area contributed by atoms with Crippen molar-refractivity contribution in [3.63, 3.8) is 0 Å². The Balaban J connectivity index is 0.000000461. The summed E-state index contributed by atoms with van der Waals surface area (Å²) < 4.78 is 0. The molecule has 0 amide bonds. The summed E-state index contributed by atoms with van der Waals surface area (Å²) >= 11 is 11.2. The molecule has 0 spiro atoms. The maximum Gasteiger partial charge on any atom is 0.106 e. The Morgan fingerprint density at radius 2 is 1.64 bits per heavy atom. The molecular formula is C8H8Cl2O. The first-order valence-electron chi connectivity index (χ1n) is 2.92. The van der Waals surface area contributed by atoms with Crippen LogP contribution in [-0.2, 0) is 10.7 Å². The van der Waals surface area contributed by atoms with E-state index in [0.717, 1.165) is 10.6 Å². The van der Waals surface area contributed by atoms with Crippen molar-refractivity contribution in [1.29, 1.82) is 0 Å². The highest BCUT2D eigenvalue weighted by molar-refractivity contribution is 6.30. The molecule has 3 heteroatoms. The molecule has 1 aromatic rings. The predicted octanol–water partition coefficient (Wildman–Crippen LogP) is 2.89. The maximum atomic E-state index is 8.00. The molecule has 11 heavy (non-hydrogen) atoms. The minimum Gasteiger partial charge on any atom is -0.307 e. The molecule has 0 unspecified atom stereocenters. The lowest BCUT2D eigenvalue weighted by Gasteiger charge is -1.91. The number of carbonyl (C=O) groups excluding carboxylic acids is 1. The van der Waals surface area contributed by atoms with Crippen molar-refractivity contribution >= 4 is 30.0 Å². The first-order valence-corrected chi connectivity index (χ1v) is 3.83. The zero-order chi connectivity index (χ0) is 8.69. The van der Waals surface area contributed by atoms with Gasteiger partial charge in [-0.2, -0.15) is 0 Å². The van der Waals surface area contributed by atoms with E-state index in [-0.39, 0.29) is 0 Å². The fraction of sp³-hybridized carbons (Fsp3) is 0.125. The molecule has 60 valence electrons. The molecule has 0 fully saturated rings. The number of rotatable bonds is 1. The number of benzene rings is 1. The Hall–Kier alpha value is -0.530. The molecule has 0 saturated carbocycles. The van der Waals surface area contributed by atoms with E-state index in [1.807, 2.05) is 31.1 Å². The highest BCUT2D eigenvalue weighted by atomic mass is 35.5. The third-order valence-electron chi connectivity index (χ3n) is 1.07. The Bertz CT molecular complexity index is 196. The molecule has 0 saturated heterocycles. The highest BCUT2D eigenvalue weighted by Crippen LogP contribution is 2.10. The fourth-order valence-corrected chi connectivity index (χ4v) is 0.878. The van der Waals surface area contributed by atoms with E-state index in [0.29, 0.717) is 5.88 Å². The molecule has 1 rings (SSSR count). The van der Waals surface area contributed by atoms with E-state index in [1.165, 1.54) is 0 Å². The average molecular weight is 191 g/mol. The number of halogens is 2. The Morgan fingerprint density at radius 3 is 2.00 bits per heavy atom. The van der Waals surface area contributed by atoms with Crippen LogP contribution in [-0.4, -0.2) is 6.79 Å². The second-order valence-electron chi connectivity index (χ2n) is 1.76. The lowest BCUT2D eigenvalue weighted by molar-refractivity contribution is -0.0979. The minimum atomic E-state index is 0.553. The van der Waals surface area contributed by atoms with E-state index >= 15 is 0 Å². The van der Waals surface area contributed by atoms with Crippen LogP contribution < -0.4 is 0 Å². The normalized spacial score (nSPS) is 8.18. The molecule has 0 atom stereocenters. The molecule has 0 N–H and O–H groups in total. The van der Waals surface area contributed by atoms with Gasteiger partial charge in [-0.05, 0) is 17.7 Å². The molecule has 1 nitrogen and oxygen atoms in total. The summed E-state index contributed by atoms with van der Waals surface area (Å²) in [5, 5.41) is 0.754. The average Bonchev–Trinajstić information content (AvgIpc) is 2.10. The van der Waals surface area contributed by atoms with E-state index in [9.17, 15) is 0 Å². The quantitative estimate of drug-likeness (QED) is 0.623. The van der Waals surface area contributed by atoms with Crippen LogP contribution in [0, 0.1) is 0 Å². The first-order chi connectivity index (χ1) is 5.33. The van der Waals surface area contributed by atoms with Crippen LogP contribution in [0.1, 0.15) is 5.56 Å². The molecule has 0 heterocycles. The summed E-state index contributed by atoms with van der Waals surface area (Å²) in [6, 6.07) is 7.49. The number of alkyl halides is 1. The third kappa shape index (κ3) is 4.02. The van der Waals surface area contributed by atoms with E-state index in [2.05, 4.69) is 0 Å². The summed E-state index contributed by atoms with van der Waals surface area (Å²) in [6.07, 6.45) is 0. The maximum absolute atomic E-state index is 8.00. The molecule has 0 aliphatic carbocycles. The van der Waals surface area contributed by atoms with Crippen LogP contribution in [0.25, 0.3) is 0 Å². The van der Waals surface area contributed by atoms with Crippen molar-refractivity contribution in [3.8, 4) is 0 Å². The van der Waals surface area contributed by atoms with Crippen LogP contribution in [0.2, 0.25) is 5.02 Å². The van der Waals surface area contributed by atoms with Gasteiger partial charge in [0.05, 0.1) is 0 Å². The largest absolute Gasteiger partial charge is 0.307 e. The van der Waals surface area contributed by atoms with Crippen molar-refractivity contribution in [2.24, 2.45) is 0 Å². The van der Waals surface area contributed by atoms with Crippen LogP contribution in [0.5, 0.6) is 0 Å². The predicted molar refractivity (Wildman–Crippen MR) is 48.1 cm³/mol. The lowest BCUT2D eigenvalue weighted by Crippen LogP contribution is -1.73. The summed E-state index contributed by atoms with van der Waals surface area (Å²) in [5.41, 5.74) is 1.10. The molecule has 1 aromatic carbocycles. The lowest BCUT2D eigenvalue weighted by atomic mass is 10.2. The molecular weight excluding hydrogens is 183 g/mol. The Labute approximate surface area is 75.9 Å². The van der Waals surface area contributed by atoms with Crippen LogP contribution in [0.4, 0.5) is 0 Å². The summed E-state index contributed by atoms with van der Waals surface area (Å²) in [6.45, 7) is 2.00. The first kappa shape index (κ1) is 10.5. The minimum absolute atomic E-state index is 0.553. The van der Waals surface area contributed by atoms with Gasteiger partial charge >= 0.3 is 0 Å². The zero-order valence-corrected chi connectivity index (χ0v) is 7.40. The monoisotopic (exact) mass is 190 g/mol. The van der Waals surface area contributed by atoms with Gasteiger partial charge in [-0.1, -0.05) is 23.7 Å². The Morgan fingerprint density at radius 1 is 1.18 bits per heavy atom. The van der Waals surface area contributed by atoms with Crippen molar-refractivity contribution in [3.05, 3.63) is 34.9 Å². The molecule has 0 aliphatic rings. The fourth-order valence-electron chi connectivity index (χ4n) is 0.573. The van der Waals surface area contributed by atoms with Crippen molar-refractivity contribution in [2.75, 3.05) is 0 Å². The Kier molecular flexibility index (Phi) is 5.90. The third-order valence-corrected chi connectivity index (χ3v) is 1.63. The SMILES string of the molecule is C=O.ClCc1ccc(Cl)cc1. The van der Waals surface area contributed by atoms with Gasteiger partial charge in [0.15, 0.2) is 0 Å². The molecule has 0 aromatic heterocycles. The summed E-state index contributed by atoms with van der Waals surface area (Å²) in [5.74, 6) is 0.553. The van der Waals surface area contributed by atoms with Gasteiger partial charge in [0.25, 0.3) is 0 Å². The van der Waals surface area contributed by atoms with Gasteiger partial charge in [0.2, 0.25) is 0 Å². The van der Waals surface area contributed by atoms with Crippen LogP contribution >= 0.6 is 23.2 Å². The second kappa shape index (κ2) is 6.20. The standard InChI is InChI=1S/C7H6Cl2.CH2O/c8-5-6-1-3-7(9)4-2-6;1-2/h1-4H,5H2;1H2. The second-order valence-corrected chi connectivity index (χ2v) is 2.46. The smallest absolute Gasteiger partial charge is 0.106 e. The van der Waals surface area contributed by atoms with Crippen molar-refractivity contribution in [2.45, 2.75) is 5.88 Å². The van der Waals surface area contributed by atoms with E-state index in [4.69, 9.17) is 28.0 Å². The van der Waals surface area contributed by atoms with Crippen LogP contribution in [0.15, 0.2) is 24.3 Å². The topological polar surface area (TPSA) is 17.1 Å². The van der Waals surface area contributed by atoms with Gasteiger partial charge in [-0.25, -0.2) is 0 Å². The number of hydrogen-bond acceptors (Lipinski definition) is 1. The van der Waals surface area contributed by atoms with E-state index in [1.54, 1.807) is 0 Å². The molecule has 0 aliphatic heterocycles. The van der Waals surface area contributed by atoms with Gasteiger partial charge in [0, 0.05) is 10.9 Å².